The predicted octanol–water partition coefficient (Wildman–Crippen LogP) is 6.03. The Kier molecular flexibility index (Phi) is 10.7. The number of carbonyl (C=O) groups is 3. The Labute approximate surface area is 222 Å². The Morgan fingerprint density at radius 3 is 2.11 bits per heavy atom. The van der Waals surface area contributed by atoms with Crippen LogP contribution in [0.5, 0.6) is 0 Å². The van der Waals surface area contributed by atoms with E-state index in [1.54, 1.807) is 25.7 Å². The van der Waals surface area contributed by atoms with Gasteiger partial charge in [0.2, 0.25) is 5.91 Å². The van der Waals surface area contributed by atoms with E-state index in [0.717, 1.165) is 17.5 Å². The number of amides is 3. The van der Waals surface area contributed by atoms with Crippen molar-refractivity contribution in [2.45, 2.75) is 85.9 Å². The van der Waals surface area contributed by atoms with Crippen molar-refractivity contribution in [2.75, 3.05) is 11.9 Å². The molecule has 37 heavy (non-hydrogen) atoms. The Bertz CT molecular complexity index is 1060. The third-order valence-corrected chi connectivity index (χ3v) is 6.44. The maximum Gasteiger partial charge on any atom is 0.408 e. The molecule has 0 bridgehead atoms. The van der Waals surface area contributed by atoms with E-state index in [9.17, 15) is 14.4 Å². The molecule has 2 rings (SSSR count). The van der Waals surface area contributed by atoms with Gasteiger partial charge in [0, 0.05) is 12.2 Å². The third kappa shape index (κ3) is 8.34. The lowest BCUT2D eigenvalue weighted by Crippen LogP contribution is -2.54. The second-order valence-electron chi connectivity index (χ2n) is 10.4. The number of hydrogen-bond donors (Lipinski definition) is 2. The van der Waals surface area contributed by atoms with E-state index in [2.05, 4.69) is 17.6 Å². The van der Waals surface area contributed by atoms with Crippen LogP contribution in [0.15, 0.2) is 48.5 Å². The molecule has 0 aliphatic carbocycles. The molecule has 0 heterocycles. The van der Waals surface area contributed by atoms with Gasteiger partial charge in [-0.05, 0) is 69.7 Å². The van der Waals surface area contributed by atoms with Gasteiger partial charge in [-0.1, -0.05) is 69.7 Å². The van der Waals surface area contributed by atoms with Crippen molar-refractivity contribution in [2.24, 2.45) is 5.92 Å². The number of hydrogen-bond acceptors (Lipinski definition) is 4. The van der Waals surface area contributed by atoms with Crippen LogP contribution < -0.4 is 10.6 Å². The van der Waals surface area contributed by atoms with Crippen LogP contribution in [0.1, 0.15) is 77.6 Å². The van der Waals surface area contributed by atoms with Gasteiger partial charge in [0.25, 0.3) is 5.91 Å². The minimum Gasteiger partial charge on any atom is -0.444 e. The lowest BCUT2D eigenvalue weighted by Gasteiger charge is -2.35. The highest BCUT2D eigenvalue weighted by molar-refractivity contribution is 5.99. The van der Waals surface area contributed by atoms with Gasteiger partial charge in [0.15, 0.2) is 0 Å². The number of alkyl carbamates (subject to hydrolysis) is 1. The Morgan fingerprint density at radius 1 is 0.973 bits per heavy atom. The van der Waals surface area contributed by atoms with Crippen molar-refractivity contribution in [3.8, 4) is 0 Å². The SMILES string of the molecule is CCc1ccc(C(C(=O)Nc2ccccc2C)N(CC)C(=O)C(NC(=O)OC(C)(C)C)C(C)CC)cc1. The summed E-state index contributed by atoms with van der Waals surface area (Å²) in [5.41, 5.74) is 2.76. The van der Waals surface area contributed by atoms with Gasteiger partial charge in [0.05, 0.1) is 0 Å². The molecule has 0 radical (unpaired) electrons. The Morgan fingerprint density at radius 2 is 1.59 bits per heavy atom. The molecule has 0 aliphatic heterocycles. The molecule has 2 aromatic carbocycles. The number of anilines is 1. The summed E-state index contributed by atoms with van der Waals surface area (Å²) < 4.78 is 5.44. The van der Waals surface area contributed by atoms with Gasteiger partial charge >= 0.3 is 6.09 Å². The first kappa shape index (κ1) is 29.9. The summed E-state index contributed by atoms with van der Waals surface area (Å²) in [5.74, 6) is -0.808. The molecule has 3 amide bonds. The molecular weight excluding hydrogens is 466 g/mol. The van der Waals surface area contributed by atoms with Crippen molar-refractivity contribution in [1.29, 1.82) is 0 Å². The van der Waals surface area contributed by atoms with Crippen molar-refractivity contribution in [3.05, 3.63) is 65.2 Å². The van der Waals surface area contributed by atoms with E-state index in [0.29, 0.717) is 17.7 Å². The Balaban J connectivity index is 2.48. The van der Waals surface area contributed by atoms with E-state index in [1.807, 2.05) is 76.2 Å². The Hall–Kier alpha value is -3.35. The number of likely N-dealkylation sites (N-methyl/N-ethyl adjacent to an activating group) is 1. The summed E-state index contributed by atoms with van der Waals surface area (Å²) in [4.78, 5) is 42.0. The zero-order valence-electron chi connectivity index (χ0n) is 23.6. The highest BCUT2D eigenvalue weighted by atomic mass is 16.6. The van der Waals surface area contributed by atoms with Crippen molar-refractivity contribution < 1.29 is 19.1 Å². The average Bonchev–Trinajstić information content (AvgIpc) is 2.85. The number of ether oxygens (including phenoxy) is 1. The van der Waals surface area contributed by atoms with Crippen LogP contribution in [-0.2, 0) is 20.7 Å². The minimum atomic E-state index is -0.880. The summed E-state index contributed by atoms with van der Waals surface area (Å²) in [6.45, 7) is 15.3. The molecule has 0 fully saturated rings. The molecule has 3 unspecified atom stereocenters. The first-order valence-electron chi connectivity index (χ1n) is 13.2. The normalized spacial score (nSPS) is 13.7. The number of aryl methyl sites for hydroxylation is 2. The molecule has 0 saturated heterocycles. The van der Waals surface area contributed by atoms with Crippen LogP contribution in [0.25, 0.3) is 0 Å². The van der Waals surface area contributed by atoms with E-state index in [1.165, 1.54) is 0 Å². The third-order valence-electron chi connectivity index (χ3n) is 6.44. The molecule has 0 aromatic heterocycles. The molecule has 0 aliphatic rings. The monoisotopic (exact) mass is 509 g/mol. The van der Waals surface area contributed by atoms with Crippen LogP contribution in [0.4, 0.5) is 10.5 Å². The van der Waals surface area contributed by atoms with Crippen LogP contribution in [0.3, 0.4) is 0 Å². The summed E-state index contributed by atoms with van der Waals surface area (Å²) in [5, 5.41) is 5.79. The largest absolute Gasteiger partial charge is 0.444 e. The van der Waals surface area contributed by atoms with Crippen molar-refractivity contribution in [1.82, 2.24) is 10.2 Å². The first-order valence-corrected chi connectivity index (χ1v) is 13.2. The quantitative estimate of drug-likeness (QED) is 0.410. The zero-order valence-corrected chi connectivity index (χ0v) is 23.6. The minimum absolute atomic E-state index is 0.170. The summed E-state index contributed by atoms with van der Waals surface area (Å²) in [7, 11) is 0. The van der Waals surface area contributed by atoms with E-state index in [4.69, 9.17) is 4.74 Å². The molecule has 3 atom stereocenters. The number of para-hydroxylation sites is 1. The van der Waals surface area contributed by atoms with Crippen molar-refractivity contribution in [3.63, 3.8) is 0 Å². The first-order chi connectivity index (χ1) is 17.4. The van der Waals surface area contributed by atoms with Crippen LogP contribution in [0, 0.1) is 12.8 Å². The van der Waals surface area contributed by atoms with Gasteiger partial charge in [-0.25, -0.2) is 4.79 Å². The lowest BCUT2D eigenvalue weighted by molar-refractivity contribution is -0.141. The van der Waals surface area contributed by atoms with Gasteiger partial charge in [0.1, 0.15) is 17.7 Å². The molecule has 202 valence electrons. The van der Waals surface area contributed by atoms with Crippen LogP contribution >= 0.6 is 0 Å². The number of carbonyl (C=O) groups excluding carboxylic acids is 3. The highest BCUT2D eigenvalue weighted by Gasteiger charge is 2.37. The van der Waals surface area contributed by atoms with Gasteiger partial charge < -0.3 is 20.3 Å². The fourth-order valence-corrected chi connectivity index (χ4v) is 4.08. The summed E-state index contributed by atoms with van der Waals surface area (Å²) >= 11 is 0. The molecule has 0 spiro atoms. The predicted molar refractivity (Wildman–Crippen MR) is 148 cm³/mol. The summed E-state index contributed by atoms with van der Waals surface area (Å²) in [6.07, 6.45) is 0.872. The maximum atomic E-state index is 14.0. The van der Waals surface area contributed by atoms with Crippen LogP contribution in [-0.4, -0.2) is 41.0 Å². The maximum absolute atomic E-state index is 14.0. The lowest BCUT2D eigenvalue weighted by atomic mass is 9.95. The molecule has 2 aromatic rings. The standard InChI is InChI=1S/C30H43N3O4/c1-9-20(4)25(32-29(36)37-30(6,7)8)28(35)33(11-3)26(23-18-16-22(10-2)17-19-23)27(34)31-24-15-13-12-14-21(24)5/h12-20,25-26H,9-11H2,1-8H3,(H,31,34)(H,32,36). The van der Waals surface area contributed by atoms with Gasteiger partial charge in [-0.3, -0.25) is 9.59 Å². The fraction of sp³-hybridized carbons (Fsp3) is 0.500. The van der Waals surface area contributed by atoms with Gasteiger partial charge in [-0.15, -0.1) is 0 Å². The topological polar surface area (TPSA) is 87.7 Å². The van der Waals surface area contributed by atoms with E-state index >= 15 is 0 Å². The van der Waals surface area contributed by atoms with E-state index in [-0.39, 0.29) is 24.3 Å². The number of benzene rings is 2. The second-order valence-corrected chi connectivity index (χ2v) is 10.4. The van der Waals surface area contributed by atoms with Crippen molar-refractivity contribution >= 4 is 23.6 Å². The molecule has 0 saturated carbocycles. The number of nitrogens with zero attached hydrogens (tertiary/aromatic N) is 1. The number of nitrogens with one attached hydrogen (secondary N) is 2. The zero-order chi connectivity index (χ0) is 27.8. The van der Waals surface area contributed by atoms with Crippen LogP contribution in [0.2, 0.25) is 0 Å². The molecule has 2 N–H and O–H groups in total. The van der Waals surface area contributed by atoms with E-state index < -0.39 is 23.8 Å². The molecule has 7 nitrogen and oxygen atoms in total. The highest BCUT2D eigenvalue weighted by Crippen LogP contribution is 2.27. The molecular formula is C30H43N3O4. The summed E-state index contributed by atoms with van der Waals surface area (Å²) in [6, 6.07) is 13.6. The number of rotatable bonds is 10. The average molecular weight is 510 g/mol. The second kappa shape index (κ2) is 13.3. The van der Waals surface area contributed by atoms with Gasteiger partial charge in [-0.2, -0.15) is 0 Å². The smallest absolute Gasteiger partial charge is 0.408 e. The molecule has 7 heteroatoms. The fourth-order valence-electron chi connectivity index (χ4n) is 4.08.